The molecule has 0 aromatic rings. The number of hydrogen-bond acceptors (Lipinski definition) is 4. The predicted molar refractivity (Wildman–Crippen MR) is 93.6 cm³/mol. The molecule has 0 aromatic carbocycles. The van der Waals surface area contributed by atoms with Gasteiger partial charge in [0.15, 0.2) is 0 Å². The van der Waals surface area contributed by atoms with Crippen molar-refractivity contribution in [2.75, 3.05) is 32.7 Å². The highest BCUT2D eigenvalue weighted by molar-refractivity contribution is 7.90. The first kappa shape index (κ1) is 19.9. The summed E-state index contributed by atoms with van der Waals surface area (Å²) < 4.78 is 27.0. The van der Waals surface area contributed by atoms with Crippen LogP contribution >= 0.6 is 0 Å². The van der Waals surface area contributed by atoms with Crippen LogP contribution < -0.4 is 10.0 Å². The summed E-state index contributed by atoms with van der Waals surface area (Å²) >= 11 is 0. The highest BCUT2D eigenvalue weighted by Crippen LogP contribution is 2.16. The predicted octanol–water partition coefficient (Wildman–Crippen LogP) is 1.80. The monoisotopic (exact) mass is 333 g/mol. The lowest BCUT2D eigenvalue weighted by molar-refractivity contribution is 0.164. The van der Waals surface area contributed by atoms with Crippen molar-refractivity contribution in [1.29, 1.82) is 0 Å². The molecule has 132 valence electrons. The zero-order valence-electron chi connectivity index (χ0n) is 14.8. The minimum atomic E-state index is -3.10. The number of likely N-dealkylation sites (tertiary alicyclic amines) is 1. The lowest BCUT2D eigenvalue weighted by Gasteiger charge is -2.39. The number of hydrogen-bond donors (Lipinski definition) is 2. The Morgan fingerprint density at radius 1 is 1.00 bits per heavy atom. The molecular formula is C16H35N3O2S. The molecule has 0 amide bonds. The van der Waals surface area contributed by atoms with Crippen molar-refractivity contribution in [3.8, 4) is 0 Å². The number of unbranched alkanes of at least 4 members (excludes halogenated alkanes) is 3. The van der Waals surface area contributed by atoms with Crippen LogP contribution in [0.1, 0.15) is 53.4 Å². The highest BCUT2D eigenvalue weighted by Gasteiger charge is 2.36. The van der Waals surface area contributed by atoms with Gasteiger partial charge in [0.2, 0.25) is 10.0 Å². The third-order valence-electron chi connectivity index (χ3n) is 3.95. The molecule has 6 heteroatoms. The van der Waals surface area contributed by atoms with Crippen molar-refractivity contribution in [1.82, 2.24) is 14.9 Å². The molecule has 0 atom stereocenters. The van der Waals surface area contributed by atoms with E-state index in [-0.39, 0.29) is 5.25 Å². The molecule has 1 aliphatic heterocycles. The van der Waals surface area contributed by atoms with Crippen LogP contribution in [0.5, 0.6) is 0 Å². The van der Waals surface area contributed by atoms with E-state index in [1.54, 1.807) is 0 Å². The maximum atomic E-state index is 12.1. The van der Waals surface area contributed by atoms with E-state index < -0.39 is 10.0 Å². The molecule has 1 saturated heterocycles. The van der Waals surface area contributed by atoms with Crippen LogP contribution in [-0.2, 0) is 10.0 Å². The summed E-state index contributed by atoms with van der Waals surface area (Å²) in [6, 6.07) is 0.546. The average molecular weight is 334 g/mol. The molecule has 22 heavy (non-hydrogen) atoms. The van der Waals surface area contributed by atoms with Crippen LogP contribution in [0.15, 0.2) is 0 Å². The Labute approximate surface area is 137 Å². The van der Waals surface area contributed by atoms with Gasteiger partial charge in [0.25, 0.3) is 0 Å². The van der Waals surface area contributed by atoms with E-state index in [0.717, 1.165) is 38.8 Å². The first-order valence-electron chi connectivity index (χ1n) is 8.75. The molecule has 0 radical (unpaired) electrons. The number of nitrogens with one attached hydrogen (secondary N) is 2. The molecule has 0 spiro atoms. The van der Waals surface area contributed by atoms with E-state index in [0.29, 0.717) is 31.6 Å². The number of nitrogens with zero attached hydrogens (tertiary/aromatic N) is 1. The molecule has 0 bridgehead atoms. The van der Waals surface area contributed by atoms with Gasteiger partial charge in [0, 0.05) is 32.2 Å². The fraction of sp³-hybridized carbons (Fsp3) is 1.00. The molecule has 0 aliphatic carbocycles. The summed E-state index contributed by atoms with van der Waals surface area (Å²) in [5.41, 5.74) is 0. The van der Waals surface area contributed by atoms with Crippen molar-refractivity contribution in [3.63, 3.8) is 0 Å². The summed E-state index contributed by atoms with van der Waals surface area (Å²) in [7, 11) is -3.10. The maximum Gasteiger partial charge on any atom is 0.217 e. The minimum Gasteiger partial charge on any atom is -0.315 e. The van der Waals surface area contributed by atoms with Crippen LogP contribution in [0.25, 0.3) is 0 Å². The Kier molecular flexibility index (Phi) is 8.90. The second-order valence-corrected chi connectivity index (χ2v) is 9.24. The second-order valence-electron chi connectivity index (χ2n) is 7.20. The fourth-order valence-electron chi connectivity index (χ4n) is 2.71. The first-order valence-corrected chi connectivity index (χ1v) is 10.3. The van der Waals surface area contributed by atoms with Crippen molar-refractivity contribution in [2.45, 2.75) is 64.7 Å². The van der Waals surface area contributed by atoms with Crippen LogP contribution in [0.4, 0.5) is 0 Å². The van der Waals surface area contributed by atoms with Gasteiger partial charge in [-0.25, -0.2) is 13.1 Å². The zero-order valence-corrected chi connectivity index (χ0v) is 15.6. The van der Waals surface area contributed by atoms with E-state index in [9.17, 15) is 8.42 Å². The van der Waals surface area contributed by atoms with Gasteiger partial charge in [-0.2, -0.15) is 0 Å². The van der Waals surface area contributed by atoms with Crippen LogP contribution in [0.2, 0.25) is 0 Å². The molecule has 0 saturated carbocycles. The van der Waals surface area contributed by atoms with E-state index in [4.69, 9.17) is 0 Å². The molecular weight excluding hydrogens is 298 g/mol. The third kappa shape index (κ3) is 7.90. The van der Waals surface area contributed by atoms with Gasteiger partial charge in [-0.3, -0.25) is 0 Å². The topological polar surface area (TPSA) is 61.4 Å². The Bertz CT molecular complexity index is 390. The Balaban J connectivity index is 2.02. The van der Waals surface area contributed by atoms with Crippen LogP contribution in [-0.4, -0.2) is 57.3 Å². The summed E-state index contributed by atoms with van der Waals surface area (Å²) in [4.78, 5) is 2.22. The normalized spacial score (nSPS) is 17.4. The molecule has 1 heterocycles. The van der Waals surface area contributed by atoms with Gasteiger partial charge in [0.05, 0.1) is 0 Å². The van der Waals surface area contributed by atoms with Gasteiger partial charge in [-0.15, -0.1) is 0 Å². The highest BCUT2D eigenvalue weighted by atomic mass is 32.2. The van der Waals surface area contributed by atoms with Gasteiger partial charge in [0.1, 0.15) is 5.25 Å². The smallest absolute Gasteiger partial charge is 0.217 e. The van der Waals surface area contributed by atoms with E-state index in [2.05, 4.69) is 42.6 Å². The third-order valence-corrected chi connectivity index (χ3v) is 5.73. The Hall–Kier alpha value is -0.170. The molecule has 5 nitrogen and oxygen atoms in total. The van der Waals surface area contributed by atoms with Gasteiger partial charge >= 0.3 is 0 Å². The summed E-state index contributed by atoms with van der Waals surface area (Å²) in [6.07, 6.45) is 4.35. The average Bonchev–Trinajstić information content (AvgIpc) is 2.35. The summed E-state index contributed by atoms with van der Waals surface area (Å²) in [5, 5.41) is 3.19. The van der Waals surface area contributed by atoms with Crippen molar-refractivity contribution < 1.29 is 8.42 Å². The first-order chi connectivity index (χ1) is 10.3. The summed E-state index contributed by atoms with van der Waals surface area (Å²) in [5.74, 6) is 0.599. The Morgan fingerprint density at radius 2 is 1.59 bits per heavy atom. The molecule has 1 rings (SSSR count). The quantitative estimate of drug-likeness (QED) is 0.535. The molecule has 0 unspecified atom stereocenters. The van der Waals surface area contributed by atoms with Gasteiger partial charge in [-0.05, 0) is 25.3 Å². The van der Waals surface area contributed by atoms with Gasteiger partial charge < -0.3 is 10.2 Å². The number of sulfonamides is 1. The van der Waals surface area contributed by atoms with Crippen molar-refractivity contribution >= 4 is 10.0 Å². The molecule has 0 aromatic heterocycles. The van der Waals surface area contributed by atoms with Crippen molar-refractivity contribution in [2.24, 2.45) is 5.92 Å². The minimum absolute atomic E-state index is 0.207. The SMILES string of the molecule is CC(C)CN1CC(S(=O)(=O)NCCCCCCNC(C)C)C1. The van der Waals surface area contributed by atoms with Crippen LogP contribution in [0, 0.1) is 5.92 Å². The fourth-order valence-corrected chi connectivity index (χ4v) is 4.19. The largest absolute Gasteiger partial charge is 0.315 e. The Morgan fingerprint density at radius 3 is 2.14 bits per heavy atom. The number of rotatable bonds is 12. The maximum absolute atomic E-state index is 12.1. The van der Waals surface area contributed by atoms with Gasteiger partial charge in [-0.1, -0.05) is 40.5 Å². The molecule has 2 N–H and O–H groups in total. The second kappa shape index (κ2) is 9.85. The molecule has 1 fully saturated rings. The van der Waals surface area contributed by atoms with E-state index in [1.807, 2.05) is 0 Å². The lowest BCUT2D eigenvalue weighted by atomic mass is 10.1. The summed E-state index contributed by atoms with van der Waals surface area (Å²) in [6.45, 7) is 12.6. The van der Waals surface area contributed by atoms with E-state index >= 15 is 0 Å². The zero-order chi connectivity index (χ0) is 16.6. The molecule has 1 aliphatic rings. The standard InChI is InChI=1S/C16H35N3O2S/c1-14(2)11-19-12-16(13-19)22(20,21)18-10-8-6-5-7-9-17-15(3)4/h14-18H,5-13H2,1-4H3. The van der Waals surface area contributed by atoms with Crippen LogP contribution in [0.3, 0.4) is 0 Å². The van der Waals surface area contributed by atoms with Crippen molar-refractivity contribution in [3.05, 3.63) is 0 Å². The van der Waals surface area contributed by atoms with E-state index in [1.165, 1.54) is 0 Å². The lowest BCUT2D eigenvalue weighted by Crippen LogP contribution is -2.58.